The average Bonchev–Trinajstić information content (AvgIpc) is 2.35. The number of rotatable bonds is 3. The van der Waals surface area contributed by atoms with E-state index in [4.69, 9.17) is 0 Å². The molecule has 4 heterocycles. The van der Waals surface area contributed by atoms with Gasteiger partial charge in [-0.05, 0) is 12.1 Å². The van der Waals surface area contributed by atoms with Gasteiger partial charge in [0.1, 0.15) is 26.6 Å². The van der Waals surface area contributed by atoms with Crippen LogP contribution in [-0.4, -0.2) is 73.9 Å². The molecule has 0 spiro atoms. The van der Waals surface area contributed by atoms with E-state index in [2.05, 4.69) is 14.7 Å². The number of hydrogen-bond acceptors (Lipinski definition) is 5. The van der Waals surface area contributed by atoms with E-state index in [-0.39, 0.29) is 17.0 Å². The minimum absolute atomic E-state index is 0. The molecule has 4 aliphatic heterocycles. The van der Waals surface area contributed by atoms with Crippen LogP contribution >= 0.6 is 0 Å². The Bertz CT molecular complexity index is 627. The van der Waals surface area contributed by atoms with Gasteiger partial charge in [-0.3, -0.25) is 4.48 Å². The topological polar surface area (TPSA) is 43.9 Å². The van der Waals surface area contributed by atoms with Crippen LogP contribution in [0.15, 0.2) is 29.2 Å². The summed E-state index contributed by atoms with van der Waals surface area (Å²) < 4.78 is 24.1. The molecule has 22 heavy (non-hydrogen) atoms. The van der Waals surface area contributed by atoms with Crippen molar-refractivity contribution in [3.63, 3.8) is 0 Å². The fourth-order valence-electron chi connectivity index (χ4n) is 4.04. The van der Waals surface area contributed by atoms with E-state index < -0.39 is 9.84 Å². The molecule has 1 aromatic carbocycles. The number of nitrogens with zero attached hydrogens (tertiary/aromatic N) is 4. The van der Waals surface area contributed by atoms with E-state index in [1.165, 1.54) is 11.8 Å². The first-order valence-corrected chi connectivity index (χ1v) is 9.12. The zero-order valence-electron chi connectivity index (χ0n) is 12.7. The van der Waals surface area contributed by atoms with Gasteiger partial charge in [0.2, 0.25) is 0 Å². The predicted molar refractivity (Wildman–Crippen MR) is 78.2 cm³/mol. The molecular formula is C14H21BrN4O2S. The molecular weight excluding hydrogens is 368 g/mol. The van der Waals surface area contributed by atoms with Crippen LogP contribution in [0.1, 0.15) is 5.56 Å². The minimum Gasteiger partial charge on any atom is -1.00 e. The summed E-state index contributed by atoms with van der Waals surface area (Å²) in [4.78, 5) is 7.87. The van der Waals surface area contributed by atoms with Crippen molar-refractivity contribution in [2.24, 2.45) is 0 Å². The maximum atomic E-state index is 11.5. The highest BCUT2D eigenvalue weighted by Crippen LogP contribution is 2.30. The van der Waals surface area contributed by atoms with E-state index in [9.17, 15) is 8.42 Å². The molecule has 0 aliphatic carbocycles. The van der Waals surface area contributed by atoms with E-state index in [1.807, 2.05) is 12.1 Å². The van der Waals surface area contributed by atoms with Crippen LogP contribution in [0.4, 0.5) is 0 Å². The van der Waals surface area contributed by atoms with Gasteiger partial charge in [-0.2, -0.15) is 0 Å². The first-order chi connectivity index (χ1) is 9.92. The second-order valence-electron chi connectivity index (χ2n) is 6.78. The summed E-state index contributed by atoms with van der Waals surface area (Å²) >= 11 is 0. The summed E-state index contributed by atoms with van der Waals surface area (Å²) in [5.41, 5.74) is 1.22. The zero-order valence-corrected chi connectivity index (χ0v) is 15.1. The number of benzene rings is 1. The molecule has 4 saturated heterocycles. The van der Waals surface area contributed by atoms with Gasteiger partial charge in [0.05, 0.1) is 24.9 Å². The fraction of sp³-hybridized carbons (Fsp3) is 0.571. The Balaban J connectivity index is 0.00000144. The molecule has 0 aromatic heterocycles. The zero-order chi connectivity index (χ0) is 14.7. The SMILES string of the molecule is CS(=O)(=O)c1ccc(C[N+]23CN4CN(CN(C4)C2)C3)cc1.[Br-]. The highest BCUT2D eigenvalue weighted by molar-refractivity contribution is 7.90. The number of sulfone groups is 1. The largest absolute Gasteiger partial charge is 1.00 e. The molecule has 5 rings (SSSR count). The van der Waals surface area contributed by atoms with Gasteiger partial charge in [0.25, 0.3) is 0 Å². The summed E-state index contributed by atoms with van der Waals surface area (Å²) in [6.45, 7) is 7.52. The molecule has 8 heteroatoms. The Labute approximate surface area is 142 Å². The maximum absolute atomic E-state index is 11.5. The van der Waals surface area contributed by atoms with Crippen LogP contribution in [-0.2, 0) is 16.4 Å². The summed E-state index contributed by atoms with van der Waals surface area (Å²) in [6, 6.07) is 7.40. The molecule has 0 unspecified atom stereocenters. The molecule has 6 nitrogen and oxygen atoms in total. The Morgan fingerprint density at radius 3 is 1.82 bits per heavy atom. The van der Waals surface area contributed by atoms with Crippen molar-refractivity contribution in [2.45, 2.75) is 11.4 Å². The van der Waals surface area contributed by atoms with E-state index in [0.29, 0.717) is 4.90 Å². The molecule has 4 aliphatic rings. The van der Waals surface area contributed by atoms with Gasteiger partial charge in [-0.1, -0.05) is 12.1 Å². The third kappa shape index (κ3) is 2.95. The molecule has 1 aromatic rings. The van der Waals surface area contributed by atoms with Gasteiger partial charge >= 0.3 is 0 Å². The summed E-state index contributed by atoms with van der Waals surface area (Å²) in [5.74, 6) is 0. The van der Waals surface area contributed by atoms with Crippen LogP contribution in [0.3, 0.4) is 0 Å². The molecule has 4 bridgehead atoms. The summed E-state index contributed by atoms with van der Waals surface area (Å²) in [7, 11) is -3.10. The van der Waals surface area contributed by atoms with Gasteiger partial charge in [-0.25, -0.2) is 23.1 Å². The number of halogens is 1. The lowest BCUT2D eigenvalue weighted by atomic mass is 10.1. The standard InChI is InChI=1S/C14H21N4O2S.BrH/c1-21(19,20)14-4-2-13(3-5-14)6-18-10-15-7-16(11-18)9-17(8-15)12-18;/h2-5H,6-12H2,1H3;1H/q+1;/p-1. The summed E-state index contributed by atoms with van der Waals surface area (Å²) in [5, 5.41) is 0. The quantitative estimate of drug-likeness (QED) is 0.520. The Kier molecular flexibility index (Phi) is 4.12. The highest BCUT2D eigenvalue weighted by atomic mass is 79.9. The van der Waals surface area contributed by atoms with E-state index >= 15 is 0 Å². The summed E-state index contributed by atoms with van der Waals surface area (Å²) in [6.07, 6.45) is 1.25. The van der Waals surface area contributed by atoms with Gasteiger partial charge in [-0.15, -0.1) is 0 Å². The average molecular weight is 389 g/mol. The second kappa shape index (κ2) is 5.54. The monoisotopic (exact) mass is 388 g/mol. The number of hydrogen-bond donors (Lipinski definition) is 0. The minimum atomic E-state index is -3.10. The van der Waals surface area contributed by atoms with Crippen LogP contribution < -0.4 is 17.0 Å². The lowest BCUT2D eigenvalue weighted by molar-refractivity contribution is -0.991. The molecule has 0 amide bonds. The number of quaternary nitrogens is 1. The molecule has 122 valence electrons. The van der Waals surface area contributed by atoms with Gasteiger partial charge < -0.3 is 17.0 Å². The normalized spacial score (nSPS) is 36.1. The van der Waals surface area contributed by atoms with Crippen molar-refractivity contribution < 1.29 is 29.9 Å². The van der Waals surface area contributed by atoms with Crippen molar-refractivity contribution >= 4 is 9.84 Å². The van der Waals surface area contributed by atoms with Crippen LogP contribution in [0.2, 0.25) is 0 Å². The van der Waals surface area contributed by atoms with Crippen molar-refractivity contribution in [3.05, 3.63) is 29.8 Å². The Hall–Kier alpha value is -0.510. The first kappa shape index (κ1) is 16.4. The Morgan fingerprint density at radius 2 is 1.41 bits per heavy atom. The van der Waals surface area contributed by atoms with E-state index in [1.54, 1.807) is 12.1 Å². The maximum Gasteiger partial charge on any atom is 0.175 e. The molecule has 0 N–H and O–H groups in total. The molecule has 0 saturated carbocycles. The Morgan fingerprint density at radius 1 is 0.955 bits per heavy atom. The fourth-order valence-corrected chi connectivity index (χ4v) is 4.67. The van der Waals surface area contributed by atoms with Crippen molar-refractivity contribution in [1.29, 1.82) is 0 Å². The van der Waals surface area contributed by atoms with Crippen molar-refractivity contribution in [3.8, 4) is 0 Å². The second-order valence-corrected chi connectivity index (χ2v) is 8.79. The van der Waals surface area contributed by atoms with E-state index in [0.717, 1.165) is 51.0 Å². The molecule has 0 radical (unpaired) electrons. The first-order valence-electron chi connectivity index (χ1n) is 7.23. The van der Waals surface area contributed by atoms with Gasteiger partial charge in [0, 0.05) is 11.8 Å². The molecule has 0 atom stereocenters. The highest BCUT2D eigenvalue weighted by Gasteiger charge is 2.48. The van der Waals surface area contributed by atoms with Crippen molar-refractivity contribution in [1.82, 2.24) is 14.7 Å². The third-order valence-electron chi connectivity index (χ3n) is 4.57. The predicted octanol–water partition coefficient (Wildman–Crippen LogP) is -2.90. The third-order valence-corrected chi connectivity index (χ3v) is 5.70. The van der Waals surface area contributed by atoms with Gasteiger partial charge in [0.15, 0.2) is 9.84 Å². The van der Waals surface area contributed by atoms with Crippen molar-refractivity contribution in [2.75, 3.05) is 46.3 Å². The molecule has 4 fully saturated rings. The smallest absolute Gasteiger partial charge is 0.175 e. The van der Waals surface area contributed by atoms with Crippen LogP contribution in [0.5, 0.6) is 0 Å². The lowest BCUT2D eigenvalue weighted by Crippen LogP contribution is -3.00. The lowest BCUT2D eigenvalue weighted by Gasteiger charge is -2.60. The van der Waals surface area contributed by atoms with Crippen LogP contribution in [0.25, 0.3) is 0 Å². The van der Waals surface area contributed by atoms with Crippen LogP contribution in [0, 0.1) is 0 Å².